The molecule has 0 saturated heterocycles. The SMILES string of the molecule is CCCC[C@H]1CC[C@H](C2CCC(C3=CCC(OC(F)(F)C(F)(F)CF)C=C3)CC2)CC1. The van der Waals surface area contributed by atoms with E-state index in [-0.39, 0.29) is 6.42 Å². The van der Waals surface area contributed by atoms with Gasteiger partial charge in [0, 0.05) is 0 Å². The number of rotatable bonds is 9. The van der Waals surface area contributed by atoms with Crippen LogP contribution in [-0.2, 0) is 4.74 Å². The molecule has 0 amide bonds. The van der Waals surface area contributed by atoms with Crippen molar-refractivity contribution in [1.82, 2.24) is 0 Å². The van der Waals surface area contributed by atoms with Crippen molar-refractivity contribution in [3.63, 3.8) is 0 Å². The number of hydrogen-bond donors (Lipinski definition) is 0. The maximum absolute atomic E-state index is 13.5. The molecule has 0 aromatic rings. The van der Waals surface area contributed by atoms with Crippen LogP contribution in [0, 0.1) is 23.7 Å². The maximum Gasteiger partial charge on any atom is 0.422 e. The van der Waals surface area contributed by atoms with Crippen LogP contribution < -0.4 is 0 Å². The smallest absolute Gasteiger partial charge is 0.308 e. The Bertz CT molecular complexity index is 613. The first-order valence-corrected chi connectivity index (χ1v) is 12.1. The van der Waals surface area contributed by atoms with Crippen molar-refractivity contribution in [2.24, 2.45) is 23.7 Å². The summed E-state index contributed by atoms with van der Waals surface area (Å²) in [7, 11) is 0. The third-order valence-electron chi connectivity index (χ3n) is 7.75. The summed E-state index contributed by atoms with van der Waals surface area (Å²) >= 11 is 0. The third kappa shape index (κ3) is 6.33. The van der Waals surface area contributed by atoms with Crippen molar-refractivity contribution in [2.45, 2.75) is 102 Å². The average molecular weight is 449 g/mol. The average Bonchev–Trinajstić information content (AvgIpc) is 2.78. The predicted molar refractivity (Wildman–Crippen MR) is 113 cm³/mol. The van der Waals surface area contributed by atoms with E-state index >= 15 is 0 Å². The van der Waals surface area contributed by atoms with E-state index in [1.165, 1.54) is 63.9 Å². The van der Waals surface area contributed by atoms with E-state index in [4.69, 9.17) is 0 Å². The summed E-state index contributed by atoms with van der Waals surface area (Å²) in [5.74, 6) is -1.82. The molecule has 1 atom stereocenters. The van der Waals surface area contributed by atoms with Gasteiger partial charge in [-0.1, -0.05) is 57.3 Å². The Balaban J connectivity index is 1.42. The van der Waals surface area contributed by atoms with E-state index in [1.54, 1.807) is 6.08 Å². The minimum Gasteiger partial charge on any atom is -0.308 e. The highest BCUT2D eigenvalue weighted by Crippen LogP contribution is 2.44. The first kappa shape index (κ1) is 24.7. The van der Waals surface area contributed by atoms with Gasteiger partial charge in [-0.3, -0.25) is 0 Å². The Hall–Kier alpha value is -0.910. The second-order valence-corrected chi connectivity index (χ2v) is 9.84. The van der Waals surface area contributed by atoms with Gasteiger partial charge in [-0.05, 0) is 74.2 Å². The molecule has 0 heterocycles. The molecule has 0 radical (unpaired) electrons. The van der Waals surface area contributed by atoms with Gasteiger partial charge in [0.25, 0.3) is 0 Å². The molecule has 31 heavy (non-hydrogen) atoms. The predicted octanol–water partition coefficient (Wildman–Crippen LogP) is 8.26. The van der Waals surface area contributed by atoms with Crippen LogP contribution in [0.25, 0.3) is 0 Å². The van der Waals surface area contributed by atoms with Crippen LogP contribution in [0.3, 0.4) is 0 Å². The topological polar surface area (TPSA) is 9.23 Å². The number of halogens is 5. The Kier molecular flexibility index (Phi) is 8.62. The van der Waals surface area contributed by atoms with Gasteiger partial charge < -0.3 is 4.74 Å². The summed E-state index contributed by atoms with van der Waals surface area (Å²) in [6.07, 6.45) is 13.3. The molecule has 0 aromatic carbocycles. The molecule has 3 aliphatic rings. The fourth-order valence-corrected chi connectivity index (χ4v) is 5.73. The zero-order valence-corrected chi connectivity index (χ0v) is 18.6. The van der Waals surface area contributed by atoms with Gasteiger partial charge in [0.1, 0.15) is 0 Å². The van der Waals surface area contributed by atoms with E-state index in [0.717, 1.165) is 36.2 Å². The molecule has 0 spiro atoms. The number of allylic oxidation sites excluding steroid dienone is 2. The second-order valence-electron chi connectivity index (χ2n) is 9.84. The van der Waals surface area contributed by atoms with Gasteiger partial charge >= 0.3 is 12.0 Å². The Morgan fingerprint density at radius 2 is 1.55 bits per heavy atom. The molecule has 178 valence electrons. The van der Waals surface area contributed by atoms with Crippen LogP contribution in [0.4, 0.5) is 22.0 Å². The van der Waals surface area contributed by atoms with Crippen molar-refractivity contribution < 1.29 is 26.7 Å². The molecule has 0 aromatic heterocycles. The normalized spacial score (nSPS) is 32.7. The lowest BCUT2D eigenvalue weighted by molar-refractivity contribution is -0.358. The summed E-state index contributed by atoms with van der Waals surface area (Å²) in [6, 6.07) is 0. The molecule has 6 heteroatoms. The zero-order chi connectivity index (χ0) is 22.5. The second kappa shape index (κ2) is 10.8. The maximum atomic E-state index is 13.5. The molecule has 1 unspecified atom stereocenters. The Morgan fingerprint density at radius 3 is 2.06 bits per heavy atom. The minimum atomic E-state index is -4.81. The van der Waals surface area contributed by atoms with Crippen molar-refractivity contribution in [1.29, 1.82) is 0 Å². The third-order valence-corrected chi connectivity index (χ3v) is 7.75. The van der Waals surface area contributed by atoms with Gasteiger partial charge in [-0.2, -0.15) is 17.6 Å². The number of unbranched alkanes of at least 4 members (excludes halogenated alkanes) is 1. The van der Waals surface area contributed by atoms with Gasteiger partial charge in [-0.25, -0.2) is 4.39 Å². The molecule has 1 nitrogen and oxygen atoms in total. The van der Waals surface area contributed by atoms with Crippen LogP contribution in [0.5, 0.6) is 0 Å². The van der Waals surface area contributed by atoms with E-state index in [1.807, 2.05) is 6.08 Å². The molecule has 0 bridgehead atoms. The van der Waals surface area contributed by atoms with Crippen molar-refractivity contribution in [2.75, 3.05) is 6.67 Å². The van der Waals surface area contributed by atoms with Gasteiger partial charge in [-0.15, -0.1) is 0 Å². The summed E-state index contributed by atoms with van der Waals surface area (Å²) < 4.78 is 69.5. The standard InChI is InChI=1S/C25H37F5O/c1-2-3-4-18-5-7-19(8-6-18)20-9-11-21(12-10-20)22-13-15-23(16-14-22)31-25(29,30)24(27,28)17-26/h13-15,18-21,23H,2-12,16-17H2,1H3/t18-,19-,20?,21?,23?. The first-order chi connectivity index (χ1) is 14.8. The van der Waals surface area contributed by atoms with E-state index in [0.29, 0.717) is 5.92 Å². The lowest BCUT2D eigenvalue weighted by atomic mass is 9.67. The number of hydrogen-bond acceptors (Lipinski definition) is 1. The molecular weight excluding hydrogens is 411 g/mol. The van der Waals surface area contributed by atoms with Gasteiger partial charge in [0.05, 0.1) is 6.10 Å². The van der Waals surface area contributed by atoms with E-state index in [9.17, 15) is 22.0 Å². The van der Waals surface area contributed by atoms with E-state index in [2.05, 4.69) is 11.7 Å². The molecular formula is C25H37F5O. The molecule has 2 fully saturated rings. The van der Waals surface area contributed by atoms with Crippen molar-refractivity contribution in [3.8, 4) is 0 Å². The van der Waals surface area contributed by atoms with Crippen LogP contribution in [0.2, 0.25) is 0 Å². The number of alkyl halides is 5. The Labute approximate surface area is 183 Å². The van der Waals surface area contributed by atoms with Crippen LogP contribution >= 0.6 is 0 Å². The molecule has 3 aliphatic carbocycles. The fraction of sp³-hybridized carbons (Fsp3) is 0.840. The lowest BCUT2D eigenvalue weighted by Gasteiger charge is -2.38. The molecule has 3 rings (SSSR count). The lowest BCUT2D eigenvalue weighted by Crippen LogP contribution is -2.46. The van der Waals surface area contributed by atoms with Crippen molar-refractivity contribution in [3.05, 3.63) is 23.8 Å². The summed E-state index contributed by atoms with van der Waals surface area (Å²) in [5, 5.41) is 0. The molecule has 0 N–H and O–H groups in total. The summed E-state index contributed by atoms with van der Waals surface area (Å²) in [4.78, 5) is 0. The molecule has 0 aliphatic heterocycles. The monoisotopic (exact) mass is 448 g/mol. The molecule has 2 saturated carbocycles. The van der Waals surface area contributed by atoms with Crippen LogP contribution in [-0.4, -0.2) is 24.8 Å². The first-order valence-electron chi connectivity index (χ1n) is 12.1. The summed E-state index contributed by atoms with van der Waals surface area (Å²) in [5.41, 5.74) is 1.10. The summed E-state index contributed by atoms with van der Waals surface area (Å²) in [6.45, 7) is -0.185. The fourth-order valence-electron chi connectivity index (χ4n) is 5.73. The quantitative estimate of drug-likeness (QED) is 0.323. The number of ether oxygens (including phenoxy) is 1. The van der Waals surface area contributed by atoms with Gasteiger partial charge in [0.15, 0.2) is 6.67 Å². The van der Waals surface area contributed by atoms with Crippen molar-refractivity contribution >= 4 is 0 Å². The largest absolute Gasteiger partial charge is 0.422 e. The highest BCUT2D eigenvalue weighted by molar-refractivity contribution is 5.27. The highest BCUT2D eigenvalue weighted by atomic mass is 19.3. The zero-order valence-electron chi connectivity index (χ0n) is 18.6. The highest BCUT2D eigenvalue weighted by Gasteiger charge is 2.59. The van der Waals surface area contributed by atoms with Crippen LogP contribution in [0.15, 0.2) is 23.8 Å². The van der Waals surface area contributed by atoms with Gasteiger partial charge in [0.2, 0.25) is 0 Å². The minimum absolute atomic E-state index is 0.117. The van der Waals surface area contributed by atoms with E-state index < -0.39 is 24.8 Å². The van der Waals surface area contributed by atoms with Crippen LogP contribution in [0.1, 0.15) is 84.0 Å². The Morgan fingerprint density at radius 1 is 0.935 bits per heavy atom.